The lowest BCUT2D eigenvalue weighted by atomic mass is 10.1. The van der Waals surface area contributed by atoms with E-state index in [-0.39, 0.29) is 22.8 Å². The summed E-state index contributed by atoms with van der Waals surface area (Å²) >= 11 is 0. The van der Waals surface area contributed by atoms with Crippen LogP contribution in [0.4, 0.5) is 13.2 Å². The van der Waals surface area contributed by atoms with E-state index >= 15 is 0 Å². The van der Waals surface area contributed by atoms with Crippen molar-refractivity contribution in [3.8, 4) is 23.0 Å². The van der Waals surface area contributed by atoms with Crippen LogP contribution in [0, 0.1) is 0 Å². The zero-order valence-corrected chi connectivity index (χ0v) is 13.8. The molecule has 0 aliphatic carbocycles. The molecule has 0 aromatic heterocycles. The molecule has 0 amide bonds. The van der Waals surface area contributed by atoms with Crippen molar-refractivity contribution in [1.29, 1.82) is 0 Å². The molecule has 0 unspecified atom stereocenters. The standard InChI is InChI=1S/C18H15F3O5/c1-24-15-9-11(10-16(25-2)17(15)23)3-8-14(22)12-4-6-13(7-5-12)26-18(19,20)21/h3-10,23H,1-2H3/b8-3+. The van der Waals surface area contributed by atoms with Crippen LogP contribution >= 0.6 is 0 Å². The number of rotatable bonds is 6. The van der Waals surface area contributed by atoms with Crippen molar-refractivity contribution >= 4 is 11.9 Å². The van der Waals surface area contributed by atoms with Gasteiger partial charge >= 0.3 is 6.36 Å². The molecule has 0 radical (unpaired) electrons. The Hall–Kier alpha value is -3.16. The number of hydrogen-bond acceptors (Lipinski definition) is 5. The van der Waals surface area contributed by atoms with Gasteiger partial charge in [-0.2, -0.15) is 0 Å². The molecule has 0 saturated carbocycles. The van der Waals surface area contributed by atoms with Gasteiger partial charge in [0.2, 0.25) is 5.75 Å². The molecular weight excluding hydrogens is 353 g/mol. The van der Waals surface area contributed by atoms with Gasteiger partial charge < -0.3 is 19.3 Å². The van der Waals surface area contributed by atoms with Gasteiger partial charge in [-0.1, -0.05) is 6.08 Å². The fourth-order valence-corrected chi connectivity index (χ4v) is 2.10. The molecule has 0 spiro atoms. The number of hydrogen-bond donors (Lipinski definition) is 1. The lowest BCUT2D eigenvalue weighted by Gasteiger charge is -2.09. The highest BCUT2D eigenvalue weighted by molar-refractivity contribution is 6.06. The van der Waals surface area contributed by atoms with Crippen molar-refractivity contribution in [3.05, 3.63) is 53.6 Å². The van der Waals surface area contributed by atoms with Gasteiger partial charge in [-0.25, -0.2) is 0 Å². The average Bonchev–Trinajstić information content (AvgIpc) is 2.59. The topological polar surface area (TPSA) is 65.0 Å². The molecule has 0 saturated heterocycles. The molecule has 0 bridgehead atoms. The number of carbonyl (C=O) groups excluding carboxylic acids is 1. The van der Waals surface area contributed by atoms with E-state index in [0.29, 0.717) is 5.56 Å². The lowest BCUT2D eigenvalue weighted by Crippen LogP contribution is -2.17. The van der Waals surface area contributed by atoms with Crippen LogP contribution in [0.2, 0.25) is 0 Å². The second-order valence-electron chi connectivity index (χ2n) is 5.04. The van der Waals surface area contributed by atoms with Gasteiger partial charge in [0, 0.05) is 5.56 Å². The number of carbonyl (C=O) groups is 1. The molecular formula is C18H15F3O5. The molecule has 2 rings (SSSR count). The average molecular weight is 368 g/mol. The third-order valence-electron chi connectivity index (χ3n) is 3.30. The number of ketones is 1. The van der Waals surface area contributed by atoms with E-state index in [1.807, 2.05) is 0 Å². The summed E-state index contributed by atoms with van der Waals surface area (Å²) < 4.78 is 50.2. The summed E-state index contributed by atoms with van der Waals surface area (Å²) in [6.07, 6.45) is -2.08. The number of phenols is 1. The van der Waals surface area contributed by atoms with Crippen LogP contribution in [-0.4, -0.2) is 31.5 Å². The van der Waals surface area contributed by atoms with E-state index in [1.165, 1.54) is 50.6 Å². The predicted molar refractivity (Wildman–Crippen MR) is 87.7 cm³/mol. The van der Waals surface area contributed by atoms with Gasteiger partial charge in [-0.05, 0) is 48.0 Å². The Morgan fingerprint density at radius 3 is 2.04 bits per heavy atom. The normalized spacial score (nSPS) is 11.4. The number of allylic oxidation sites excluding steroid dienone is 1. The first kappa shape index (κ1) is 19.2. The molecule has 0 atom stereocenters. The number of phenolic OH excluding ortho intramolecular Hbond substituents is 1. The zero-order valence-electron chi connectivity index (χ0n) is 13.8. The van der Waals surface area contributed by atoms with Crippen molar-refractivity contribution in [3.63, 3.8) is 0 Å². The van der Waals surface area contributed by atoms with Crippen molar-refractivity contribution in [2.45, 2.75) is 6.36 Å². The monoisotopic (exact) mass is 368 g/mol. The van der Waals surface area contributed by atoms with E-state index in [9.17, 15) is 23.1 Å². The number of halogens is 3. The Morgan fingerprint density at radius 2 is 1.58 bits per heavy atom. The van der Waals surface area contributed by atoms with Crippen LogP contribution in [0.3, 0.4) is 0 Å². The zero-order chi connectivity index (χ0) is 19.3. The lowest BCUT2D eigenvalue weighted by molar-refractivity contribution is -0.274. The number of aromatic hydroxyl groups is 1. The highest BCUT2D eigenvalue weighted by Crippen LogP contribution is 2.37. The first-order valence-corrected chi connectivity index (χ1v) is 7.26. The van der Waals surface area contributed by atoms with Crippen molar-refractivity contribution < 1.29 is 37.3 Å². The van der Waals surface area contributed by atoms with Gasteiger partial charge in [0.25, 0.3) is 0 Å². The Morgan fingerprint density at radius 1 is 1.04 bits per heavy atom. The number of alkyl halides is 3. The summed E-state index contributed by atoms with van der Waals surface area (Å²) in [6, 6.07) is 7.57. The maximum atomic E-state index is 12.1. The highest BCUT2D eigenvalue weighted by atomic mass is 19.4. The van der Waals surface area contributed by atoms with Crippen LogP contribution < -0.4 is 14.2 Å². The summed E-state index contributed by atoms with van der Waals surface area (Å²) in [6.45, 7) is 0. The van der Waals surface area contributed by atoms with E-state index in [1.54, 1.807) is 0 Å². The Balaban J connectivity index is 2.17. The number of methoxy groups -OCH3 is 2. The third kappa shape index (κ3) is 4.92. The van der Waals surface area contributed by atoms with Crippen LogP contribution in [0.15, 0.2) is 42.5 Å². The Labute approximate surface area is 147 Å². The van der Waals surface area contributed by atoms with Gasteiger partial charge in [0.05, 0.1) is 14.2 Å². The molecule has 0 aliphatic heterocycles. The maximum Gasteiger partial charge on any atom is 0.573 e. The molecule has 1 N–H and O–H groups in total. The van der Waals surface area contributed by atoms with Crippen molar-refractivity contribution in [1.82, 2.24) is 0 Å². The molecule has 0 aliphatic rings. The minimum Gasteiger partial charge on any atom is -0.502 e. The van der Waals surface area contributed by atoms with Crippen LogP contribution in [-0.2, 0) is 0 Å². The summed E-state index contributed by atoms with van der Waals surface area (Å²) in [5, 5.41) is 9.84. The molecule has 0 heterocycles. The fraction of sp³-hybridized carbons (Fsp3) is 0.167. The third-order valence-corrected chi connectivity index (χ3v) is 3.30. The SMILES string of the molecule is COc1cc(/C=C/C(=O)c2ccc(OC(F)(F)F)cc2)cc(OC)c1O. The second-order valence-corrected chi connectivity index (χ2v) is 5.04. The quantitative estimate of drug-likeness (QED) is 0.611. The van der Waals surface area contributed by atoms with E-state index in [2.05, 4.69) is 4.74 Å². The van der Waals surface area contributed by atoms with E-state index in [0.717, 1.165) is 12.1 Å². The summed E-state index contributed by atoms with van der Waals surface area (Å²) in [5.74, 6) is -0.658. The molecule has 2 aromatic rings. The minimum atomic E-state index is -4.79. The number of ether oxygens (including phenoxy) is 3. The highest BCUT2D eigenvalue weighted by Gasteiger charge is 2.31. The van der Waals surface area contributed by atoms with Gasteiger partial charge in [0.15, 0.2) is 17.3 Å². The molecule has 8 heteroatoms. The van der Waals surface area contributed by atoms with E-state index in [4.69, 9.17) is 9.47 Å². The molecule has 138 valence electrons. The van der Waals surface area contributed by atoms with Crippen LogP contribution in [0.5, 0.6) is 23.0 Å². The minimum absolute atomic E-state index is 0.168. The summed E-state index contributed by atoms with van der Waals surface area (Å²) in [5.41, 5.74) is 0.718. The second kappa shape index (κ2) is 7.81. The fourth-order valence-electron chi connectivity index (χ4n) is 2.10. The van der Waals surface area contributed by atoms with Gasteiger partial charge in [-0.3, -0.25) is 4.79 Å². The number of benzene rings is 2. The Bertz CT molecular complexity index is 786. The Kier molecular flexibility index (Phi) is 5.76. The molecule has 26 heavy (non-hydrogen) atoms. The molecule has 0 fully saturated rings. The largest absolute Gasteiger partial charge is 0.573 e. The molecule has 2 aromatic carbocycles. The smallest absolute Gasteiger partial charge is 0.502 e. The van der Waals surface area contributed by atoms with Gasteiger partial charge in [0.1, 0.15) is 5.75 Å². The van der Waals surface area contributed by atoms with Crippen molar-refractivity contribution in [2.75, 3.05) is 14.2 Å². The van der Waals surface area contributed by atoms with Crippen molar-refractivity contribution in [2.24, 2.45) is 0 Å². The summed E-state index contributed by atoms with van der Waals surface area (Å²) in [7, 11) is 2.75. The van der Waals surface area contributed by atoms with Gasteiger partial charge in [-0.15, -0.1) is 13.2 Å². The first-order valence-electron chi connectivity index (χ1n) is 7.26. The van der Waals surface area contributed by atoms with E-state index < -0.39 is 17.9 Å². The van der Waals surface area contributed by atoms with Crippen LogP contribution in [0.1, 0.15) is 15.9 Å². The summed E-state index contributed by atoms with van der Waals surface area (Å²) in [4.78, 5) is 12.1. The molecule has 5 nitrogen and oxygen atoms in total. The maximum absolute atomic E-state index is 12.1. The predicted octanol–water partition coefficient (Wildman–Crippen LogP) is 4.20. The first-order chi connectivity index (χ1) is 12.2. The van der Waals surface area contributed by atoms with Crippen LogP contribution in [0.25, 0.3) is 6.08 Å².